The fraction of sp³-hybridized carbons (Fsp3) is 0.182. The molecule has 8 heteroatoms. The summed E-state index contributed by atoms with van der Waals surface area (Å²) in [6, 6.07) is 11.3. The number of hydrogen-bond donors (Lipinski definition) is 2. The number of carbonyl (C=O) groups is 3. The first-order valence-corrected chi connectivity index (χ1v) is 9.11. The van der Waals surface area contributed by atoms with E-state index in [1.54, 1.807) is 24.3 Å². The Morgan fingerprint density at radius 1 is 1.23 bits per heavy atom. The van der Waals surface area contributed by atoms with Crippen LogP contribution in [0.1, 0.15) is 29.5 Å². The summed E-state index contributed by atoms with van der Waals surface area (Å²) in [5, 5.41) is 27.5. The van der Waals surface area contributed by atoms with Crippen molar-refractivity contribution in [1.29, 1.82) is 5.26 Å². The van der Waals surface area contributed by atoms with Crippen molar-refractivity contribution in [1.82, 2.24) is 4.90 Å². The number of carboxylic acids is 1. The summed E-state index contributed by atoms with van der Waals surface area (Å²) >= 11 is 0. The van der Waals surface area contributed by atoms with Crippen LogP contribution in [0.4, 0.5) is 0 Å². The predicted molar refractivity (Wildman–Crippen MR) is 106 cm³/mol. The van der Waals surface area contributed by atoms with Gasteiger partial charge in [0.05, 0.1) is 5.56 Å². The van der Waals surface area contributed by atoms with E-state index in [0.717, 1.165) is 4.90 Å². The third kappa shape index (κ3) is 3.92. The van der Waals surface area contributed by atoms with E-state index < -0.39 is 17.8 Å². The van der Waals surface area contributed by atoms with Gasteiger partial charge in [-0.05, 0) is 49.3 Å². The lowest BCUT2D eigenvalue weighted by atomic mass is 9.94. The highest BCUT2D eigenvalue weighted by atomic mass is 16.4. The predicted octanol–water partition coefficient (Wildman–Crippen LogP) is 2.62. The lowest BCUT2D eigenvalue weighted by Crippen LogP contribution is -2.43. The minimum absolute atomic E-state index is 0.00461. The highest BCUT2D eigenvalue weighted by Gasteiger charge is 2.35. The number of aliphatic hydroxyl groups is 1. The van der Waals surface area contributed by atoms with Gasteiger partial charge in [-0.1, -0.05) is 12.1 Å². The molecule has 0 spiro atoms. The molecule has 2 aromatic rings. The maximum atomic E-state index is 12.8. The molecule has 1 aromatic carbocycles. The van der Waals surface area contributed by atoms with E-state index in [1.807, 2.05) is 6.07 Å². The second kappa shape index (κ2) is 8.59. The van der Waals surface area contributed by atoms with Crippen molar-refractivity contribution >= 4 is 23.9 Å². The van der Waals surface area contributed by atoms with Crippen LogP contribution >= 0.6 is 0 Å². The van der Waals surface area contributed by atoms with Crippen molar-refractivity contribution < 1.29 is 29.0 Å². The standard InChI is InChI=1S/C22H18N2O6/c1-13-17(20(26)24(8-3-9-25)21(27)18(13)12-23)11-16-6-7-19(30-16)14-4-2-5-15(10-14)22(28)29/h2,4-7,10-11,25H,3,8-9H2,1H3,(H,28,29)/b17-11-. The molecule has 0 atom stereocenters. The number of imide groups is 1. The molecule has 152 valence electrons. The summed E-state index contributed by atoms with van der Waals surface area (Å²) in [4.78, 5) is 37.3. The van der Waals surface area contributed by atoms with Gasteiger partial charge in [-0.25, -0.2) is 4.79 Å². The SMILES string of the molecule is CC1=C(C#N)C(=O)N(CCCO)C(=O)/C1=C\c1ccc(-c2cccc(C(=O)O)c2)o1. The van der Waals surface area contributed by atoms with Crippen LogP contribution in [0.5, 0.6) is 0 Å². The molecular weight excluding hydrogens is 388 g/mol. The van der Waals surface area contributed by atoms with Gasteiger partial charge in [0.1, 0.15) is 23.2 Å². The number of nitriles is 1. The quantitative estimate of drug-likeness (QED) is 0.557. The molecule has 2 N–H and O–H groups in total. The third-order valence-electron chi connectivity index (χ3n) is 4.67. The monoisotopic (exact) mass is 406 g/mol. The first-order valence-electron chi connectivity index (χ1n) is 9.11. The van der Waals surface area contributed by atoms with E-state index in [0.29, 0.717) is 17.1 Å². The largest absolute Gasteiger partial charge is 0.478 e. The minimum Gasteiger partial charge on any atom is -0.478 e. The van der Waals surface area contributed by atoms with Gasteiger partial charge in [-0.2, -0.15) is 5.26 Å². The number of amides is 2. The number of hydrogen-bond acceptors (Lipinski definition) is 6. The van der Waals surface area contributed by atoms with E-state index in [9.17, 15) is 19.6 Å². The van der Waals surface area contributed by atoms with Gasteiger partial charge in [0.2, 0.25) is 0 Å². The van der Waals surface area contributed by atoms with Gasteiger partial charge in [-0.3, -0.25) is 14.5 Å². The molecule has 2 amide bonds. The Morgan fingerprint density at radius 3 is 2.67 bits per heavy atom. The van der Waals surface area contributed by atoms with Crippen molar-refractivity contribution in [3.05, 3.63) is 64.4 Å². The summed E-state index contributed by atoms with van der Waals surface area (Å²) in [6.07, 6.45) is 1.64. The first kappa shape index (κ1) is 20.8. The summed E-state index contributed by atoms with van der Waals surface area (Å²) < 4.78 is 5.75. The summed E-state index contributed by atoms with van der Waals surface area (Å²) in [5.41, 5.74) is 0.920. The lowest BCUT2D eigenvalue weighted by molar-refractivity contribution is -0.140. The molecule has 2 heterocycles. The van der Waals surface area contributed by atoms with Crippen molar-refractivity contribution in [3.8, 4) is 17.4 Å². The summed E-state index contributed by atoms with van der Waals surface area (Å²) in [5.74, 6) is -1.60. The number of nitrogens with zero attached hydrogens (tertiary/aromatic N) is 2. The first-order chi connectivity index (χ1) is 14.4. The van der Waals surface area contributed by atoms with E-state index in [-0.39, 0.29) is 41.9 Å². The van der Waals surface area contributed by atoms with Crippen LogP contribution in [0.15, 0.2) is 57.5 Å². The summed E-state index contributed by atoms with van der Waals surface area (Å²) in [6.45, 7) is 1.32. The van der Waals surface area contributed by atoms with Crippen molar-refractivity contribution in [2.24, 2.45) is 0 Å². The smallest absolute Gasteiger partial charge is 0.335 e. The Morgan fingerprint density at radius 2 is 2.00 bits per heavy atom. The van der Waals surface area contributed by atoms with Crippen LogP contribution in [0.2, 0.25) is 0 Å². The number of aliphatic hydroxyl groups excluding tert-OH is 1. The van der Waals surface area contributed by atoms with E-state index >= 15 is 0 Å². The van der Waals surface area contributed by atoms with Crippen LogP contribution < -0.4 is 0 Å². The summed E-state index contributed by atoms with van der Waals surface area (Å²) in [7, 11) is 0. The molecule has 1 aromatic heterocycles. The zero-order chi connectivity index (χ0) is 21.8. The Labute approximate surface area is 172 Å². The second-order valence-electron chi connectivity index (χ2n) is 6.60. The van der Waals surface area contributed by atoms with Gasteiger partial charge in [0, 0.05) is 24.3 Å². The fourth-order valence-electron chi connectivity index (χ4n) is 3.09. The van der Waals surface area contributed by atoms with Gasteiger partial charge < -0.3 is 14.6 Å². The number of rotatable bonds is 6. The molecule has 0 fully saturated rings. The van der Waals surface area contributed by atoms with Crippen LogP contribution in [0, 0.1) is 11.3 Å². The molecule has 0 saturated carbocycles. The van der Waals surface area contributed by atoms with Crippen LogP contribution in [-0.2, 0) is 9.59 Å². The second-order valence-corrected chi connectivity index (χ2v) is 6.60. The van der Waals surface area contributed by atoms with E-state index in [1.165, 1.54) is 25.1 Å². The van der Waals surface area contributed by atoms with Crippen LogP contribution in [-0.4, -0.2) is 46.0 Å². The Balaban J connectivity index is 2.00. The lowest BCUT2D eigenvalue weighted by Gasteiger charge is -2.27. The molecule has 30 heavy (non-hydrogen) atoms. The number of aromatic carboxylic acids is 1. The zero-order valence-electron chi connectivity index (χ0n) is 16.1. The van der Waals surface area contributed by atoms with Gasteiger partial charge >= 0.3 is 5.97 Å². The maximum absolute atomic E-state index is 12.8. The molecular formula is C22H18N2O6. The average molecular weight is 406 g/mol. The molecule has 0 radical (unpaired) electrons. The maximum Gasteiger partial charge on any atom is 0.335 e. The van der Waals surface area contributed by atoms with Gasteiger partial charge in [0.15, 0.2) is 0 Å². The number of carboxylic acid groups (broad SMARTS) is 1. The molecule has 8 nitrogen and oxygen atoms in total. The highest BCUT2D eigenvalue weighted by Crippen LogP contribution is 2.29. The number of benzene rings is 1. The van der Waals surface area contributed by atoms with Crippen molar-refractivity contribution in [3.63, 3.8) is 0 Å². The highest BCUT2D eigenvalue weighted by molar-refractivity contribution is 6.19. The molecule has 1 aliphatic rings. The molecule has 0 saturated heterocycles. The molecule has 3 rings (SSSR count). The van der Waals surface area contributed by atoms with Crippen molar-refractivity contribution in [2.45, 2.75) is 13.3 Å². The average Bonchev–Trinajstić information content (AvgIpc) is 3.20. The molecule has 0 bridgehead atoms. The fourth-order valence-corrected chi connectivity index (χ4v) is 3.09. The number of furan rings is 1. The van der Waals surface area contributed by atoms with Crippen LogP contribution in [0.25, 0.3) is 17.4 Å². The minimum atomic E-state index is -1.06. The molecule has 0 unspecified atom stereocenters. The molecule has 0 aliphatic carbocycles. The van der Waals surface area contributed by atoms with E-state index in [4.69, 9.17) is 14.6 Å². The van der Waals surface area contributed by atoms with Crippen LogP contribution in [0.3, 0.4) is 0 Å². The van der Waals surface area contributed by atoms with Gasteiger partial charge in [-0.15, -0.1) is 0 Å². The Bertz CT molecular complexity index is 1130. The topological polar surface area (TPSA) is 132 Å². The third-order valence-corrected chi connectivity index (χ3v) is 4.67. The Hall–Kier alpha value is -3.96. The zero-order valence-corrected chi connectivity index (χ0v) is 16.1. The Kier molecular flexibility index (Phi) is 5.95. The van der Waals surface area contributed by atoms with E-state index in [2.05, 4.69) is 0 Å². The molecule has 1 aliphatic heterocycles. The van der Waals surface area contributed by atoms with Crippen molar-refractivity contribution in [2.75, 3.05) is 13.2 Å². The van der Waals surface area contributed by atoms with Gasteiger partial charge in [0.25, 0.3) is 11.8 Å². The number of carbonyl (C=O) groups excluding carboxylic acids is 2. The normalized spacial score (nSPS) is 15.6.